The van der Waals surface area contributed by atoms with Crippen molar-refractivity contribution in [2.75, 3.05) is 13.1 Å². The van der Waals surface area contributed by atoms with Gasteiger partial charge in [0.25, 0.3) is 11.8 Å². The van der Waals surface area contributed by atoms with Crippen molar-refractivity contribution in [2.24, 2.45) is 0 Å². The molecular formula is C16H17ClN2O4. The first kappa shape index (κ1) is 16.9. The maximum absolute atomic E-state index is 11.9. The van der Waals surface area contributed by atoms with E-state index < -0.39 is 6.10 Å². The molecule has 0 saturated heterocycles. The van der Waals surface area contributed by atoms with Crippen LogP contribution >= 0.6 is 11.6 Å². The van der Waals surface area contributed by atoms with E-state index in [9.17, 15) is 9.59 Å². The number of furan rings is 1. The Morgan fingerprint density at radius 3 is 2.52 bits per heavy atom. The van der Waals surface area contributed by atoms with Gasteiger partial charge < -0.3 is 19.8 Å². The monoisotopic (exact) mass is 336 g/mol. The van der Waals surface area contributed by atoms with Crippen molar-refractivity contribution in [3.05, 3.63) is 53.4 Å². The summed E-state index contributed by atoms with van der Waals surface area (Å²) in [5.74, 6) is 0.195. The average Bonchev–Trinajstić information content (AvgIpc) is 3.07. The molecule has 0 aliphatic carbocycles. The number of halogens is 1. The summed E-state index contributed by atoms with van der Waals surface area (Å²) in [6, 6.07) is 9.95. The Morgan fingerprint density at radius 1 is 1.17 bits per heavy atom. The Morgan fingerprint density at radius 2 is 1.87 bits per heavy atom. The number of hydrogen-bond acceptors (Lipinski definition) is 4. The van der Waals surface area contributed by atoms with E-state index >= 15 is 0 Å². The summed E-state index contributed by atoms with van der Waals surface area (Å²) in [6.07, 6.45) is 0.767. The maximum Gasteiger partial charge on any atom is 0.287 e. The van der Waals surface area contributed by atoms with Gasteiger partial charge in [0.2, 0.25) is 0 Å². The molecule has 2 aromatic rings. The van der Waals surface area contributed by atoms with Crippen LogP contribution in [-0.4, -0.2) is 31.0 Å². The third-order valence-corrected chi connectivity index (χ3v) is 3.20. The van der Waals surface area contributed by atoms with Crippen LogP contribution in [0, 0.1) is 0 Å². The van der Waals surface area contributed by atoms with E-state index in [4.69, 9.17) is 20.8 Å². The van der Waals surface area contributed by atoms with Crippen molar-refractivity contribution in [1.82, 2.24) is 10.6 Å². The molecule has 1 aromatic heterocycles. The number of rotatable bonds is 7. The predicted octanol–water partition coefficient (Wildman–Crippen LogP) is 2.25. The van der Waals surface area contributed by atoms with Crippen LogP contribution in [0.1, 0.15) is 17.5 Å². The molecular weight excluding hydrogens is 320 g/mol. The summed E-state index contributed by atoms with van der Waals surface area (Å²) in [7, 11) is 0. The maximum atomic E-state index is 11.9. The lowest BCUT2D eigenvalue weighted by molar-refractivity contribution is -0.127. The summed E-state index contributed by atoms with van der Waals surface area (Å²) >= 11 is 5.78. The Hall–Kier alpha value is -2.47. The van der Waals surface area contributed by atoms with Gasteiger partial charge in [-0.05, 0) is 43.3 Å². The van der Waals surface area contributed by atoms with Crippen LogP contribution in [0.25, 0.3) is 0 Å². The molecule has 6 nitrogen and oxygen atoms in total. The third kappa shape index (κ3) is 5.34. The van der Waals surface area contributed by atoms with Gasteiger partial charge in [0, 0.05) is 18.1 Å². The third-order valence-electron chi connectivity index (χ3n) is 2.95. The average molecular weight is 337 g/mol. The Bertz CT molecular complexity index is 641. The minimum atomic E-state index is -0.656. The number of amides is 2. The standard InChI is InChI=1S/C16H17ClN2O4/c1-11(23-13-6-4-12(17)5-7-13)15(20)18-8-9-19-16(21)14-3-2-10-22-14/h2-7,10-11H,8-9H2,1H3,(H,18,20)(H,19,21). The molecule has 0 radical (unpaired) electrons. The number of ether oxygens (including phenoxy) is 1. The van der Waals surface area contributed by atoms with Gasteiger partial charge in [0.15, 0.2) is 11.9 Å². The predicted molar refractivity (Wildman–Crippen MR) is 85.6 cm³/mol. The van der Waals surface area contributed by atoms with Crippen molar-refractivity contribution in [3.63, 3.8) is 0 Å². The molecule has 1 unspecified atom stereocenters. The molecule has 7 heteroatoms. The van der Waals surface area contributed by atoms with Crippen LogP contribution in [0.3, 0.4) is 0 Å². The van der Waals surface area contributed by atoms with E-state index in [1.54, 1.807) is 43.3 Å². The van der Waals surface area contributed by atoms with Gasteiger partial charge in [-0.25, -0.2) is 0 Å². The summed E-state index contributed by atoms with van der Waals surface area (Å²) < 4.78 is 10.5. The molecule has 0 spiro atoms. The molecule has 0 fully saturated rings. The van der Waals surface area contributed by atoms with Crippen molar-refractivity contribution < 1.29 is 18.7 Å². The minimum absolute atomic E-state index is 0.232. The van der Waals surface area contributed by atoms with E-state index in [1.165, 1.54) is 6.26 Å². The Balaban J connectivity index is 1.67. The Labute approximate surface area is 138 Å². The van der Waals surface area contributed by atoms with E-state index in [-0.39, 0.29) is 17.6 Å². The highest BCUT2D eigenvalue weighted by atomic mass is 35.5. The number of carbonyl (C=O) groups excluding carboxylic acids is 2. The fraction of sp³-hybridized carbons (Fsp3) is 0.250. The molecule has 0 saturated carbocycles. The molecule has 1 heterocycles. The molecule has 122 valence electrons. The highest BCUT2D eigenvalue weighted by Crippen LogP contribution is 2.16. The van der Waals surface area contributed by atoms with Crippen LogP contribution in [0.15, 0.2) is 47.1 Å². The van der Waals surface area contributed by atoms with Crippen molar-refractivity contribution in [1.29, 1.82) is 0 Å². The zero-order chi connectivity index (χ0) is 16.7. The van der Waals surface area contributed by atoms with E-state index in [2.05, 4.69) is 10.6 Å². The normalized spacial score (nSPS) is 11.6. The minimum Gasteiger partial charge on any atom is -0.481 e. The van der Waals surface area contributed by atoms with E-state index in [1.807, 2.05) is 0 Å². The summed E-state index contributed by atoms with van der Waals surface area (Å²) in [5, 5.41) is 5.91. The number of nitrogens with one attached hydrogen (secondary N) is 2. The zero-order valence-corrected chi connectivity index (χ0v) is 13.3. The second kappa shape index (κ2) is 8.24. The first-order chi connectivity index (χ1) is 11.1. The lowest BCUT2D eigenvalue weighted by Crippen LogP contribution is -2.40. The van der Waals surface area contributed by atoms with Gasteiger partial charge >= 0.3 is 0 Å². The van der Waals surface area contributed by atoms with Gasteiger partial charge in [-0.1, -0.05) is 11.6 Å². The molecule has 23 heavy (non-hydrogen) atoms. The van der Waals surface area contributed by atoms with Crippen LogP contribution < -0.4 is 15.4 Å². The highest BCUT2D eigenvalue weighted by Gasteiger charge is 2.14. The van der Waals surface area contributed by atoms with Gasteiger partial charge in [0.1, 0.15) is 5.75 Å². The van der Waals surface area contributed by atoms with Crippen LogP contribution in [-0.2, 0) is 4.79 Å². The zero-order valence-electron chi connectivity index (χ0n) is 12.5. The molecule has 1 aromatic carbocycles. The molecule has 0 aliphatic rings. The largest absolute Gasteiger partial charge is 0.481 e. The van der Waals surface area contributed by atoms with Crippen LogP contribution in [0.5, 0.6) is 5.75 Å². The van der Waals surface area contributed by atoms with Gasteiger partial charge in [0.05, 0.1) is 6.26 Å². The SMILES string of the molecule is CC(Oc1ccc(Cl)cc1)C(=O)NCCNC(=O)c1ccco1. The van der Waals surface area contributed by atoms with Crippen molar-refractivity contribution in [3.8, 4) is 5.75 Å². The molecule has 0 aliphatic heterocycles. The molecule has 2 rings (SSSR count). The smallest absolute Gasteiger partial charge is 0.287 e. The summed E-state index contributed by atoms with van der Waals surface area (Å²) in [4.78, 5) is 23.5. The number of benzene rings is 1. The molecule has 2 amide bonds. The van der Waals surface area contributed by atoms with Gasteiger partial charge in [-0.3, -0.25) is 9.59 Å². The second-order valence-corrected chi connectivity index (χ2v) is 5.17. The van der Waals surface area contributed by atoms with Crippen molar-refractivity contribution in [2.45, 2.75) is 13.0 Å². The molecule has 0 bridgehead atoms. The fourth-order valence-corrected chi connectivity index (χ4v) is 1.90. The van der Waals surface area contributed by atoms with Crippen molar-refractivity contribution >= 4 is 23.4 Å². The summed E-state index contributed by atoms with van der Waals surface area (Å²) in [6.45, 7) is 2.23. The quantitative estimate of drug-likeness (QED) is 0.760. The fourth-order valence-electron chi connectivity index (χ4n) is 1.77. The summed E-state index contributed by atoms with van der Waals surface area (Å²) in [5.41, 5.74) is 0. The van der Waals surface area contributed by atoms with E-state index in [0.717, 1.165) is 0 Å². The Kier molecular flexibility index (Phi) is 6.05. The first-order valence-electron chi connectivity index (χ1n) is 7.08. The lowest BCUT2D eigenvalue weighted by Gasteiger charge is -2.14. The highest BCUT2D eigenvalue weighted by molar-refractivity contribution is 6.30. The van der Waals surface area contributed by atoms with Crippen LogP contribution in [0.4, 0.5) is 0 Å². The van der Waals surface area contributed by atoms with Gasteiger partial charge in [-0.2, -0.15) is 0 Å². The lowest BCUT2D eigenvalue weighted by atomic mass is 10.3. The van der Waals surface area contributed by atoms with Gasteiger partial charge in [-0.15, -0.1) is 0 Å². The van der Waals surface area contributed by atoms with E-state index in [0.29, 0.717) is 23.9 Å². The number of hydrogen-bond donors (Lipinski definition) is 2. The molecule has 2 N–H and O–H groups in total. The number of carbonyl (C=O) groups is 2. The first-order valence-corrected chi connectivity index (χ1v) is 7.45. The molecule has 1 atom stereocenters. The topological polar surface area (TPSA) is 80.6 Å². The second-order valence-electron chi connectivity index (χ2n) is 4.74. The van der Waals surface area contributed by atoms with Crippen LogP contribution in [0.2, 0.25) is 5.02 Å².